The fourth-order valence-corrected chi connectivity index (χ4v) is 3.97. The maximum Gasteiger partial charge on any atom is 0.0315 e. The van der Waals surface area contributed by atoms with Crippen molar-refractivity contribution < 1.29 is 0 Å². The maximum absolute atomic E-state index is 3.60. The zero-order chi connectivity index (χ0) is 12.7. The van der Waals surface area contributed by atoms with Crippen molar-refractivity contribution in [2.24, 2.45) is 16.7 Å². The second-order valence-corrected chi connectivity index (χ2v) is 7.07. The van der Waals surface area contributed by atoms with E-state index in [1.807, 2.05) is 0 Å². The monoisotopic (exact) mass is 235 g/mol. The van der Waals surface area contributed by atoms with Crippen LogP contribution in [0.5, 0.6) is 0 Å². The summed E-state index contributed by atoms with van der Waals surface area (Å²) in [6.07, 6.45) is 9.32. The molecule has 0 aromatic carbocycles. The first-order chi connectivity index (χ1) is 7.93. The molecule has 0 aliphatic heterocycles. The van der Waals surface area contributed by atoms with Crippen LogP contribution in [0.4, 0.5) is 0 Å². The van der Waals surface area contributed by atoms with E-state index < -0.39 is 0 Å². The van der Waals surface area contributed by atoms with Gasteiger partial charge in [0.15, 0.2) is 0 Å². The molecule has 0 heterocycles. The molecule has 0 radical (unpaired) electrons. The van der Waals surface area contributed by atoms with Crippen molar-refractivity contribution in [2.75, 3.05) is 7.05 Å². The standard InChI is InChI=1S/C16H29N/c1-15(2)14(16(15,3)4)13(17-5)12-10-8-6-7-9-11-12/h10,13-14,17H,6-9,11H2,1-5H3. The SMILES string of the molecule is CNC(C1=CCCCCC1)C1C(C)(C)C1(C)C. The Labute approximate surface area is 107 Å². The van der Waals surface area contributed by atoms with Gasteiger partial charge in [-0.15, -0.1) is 0 Å². The summed E-state index contributed by atoms with van der Waals surface area (Å²) < 4.78 is 0. The second-order valence-electron chi connectivity index (χ2n) is 7.07. The topological polar surface area (TPSA) is 12.0 Å². The van der Waals surface area contributed by atoms with E-state index in [1.165, 1.54) is 32.1 Å². The molecule has 0 amide bonds. The summed E-state index contributed by atoms with van der Waals surface area (Å²) in [4.78, 5) is 0. The van der Waals surface area contributed by atoms with Crippen molar-refractivity contribution in [1.82, 2.24) is 5.32 Å². The minimum atomic E-state index is 0.480. The Morgan fingerprint density at radius 3 is 2.29 bits per heavy atom. The van der Waals surface area contributed by atoms with Gasteiger partial charge in [0.2, 0.25) is 0 Å². The molecule has 0 aromatic rings. The molecule has 98 valence electrons. The Balaban J connectivity index is 2.15. The van der Waals surface area contributed by atoms with Crippen LogP contribution >= 0.6 is 0 Å². The summed E-state index contributed by atoms with van der Waals surface area (Å²) in [5.74, 6) is 0.796. The van der Waals surface area contributed by atoms with Gasteiger partial charge in [-0.05, 0) is 49.5 Å². The summed E-state index contributed by atoms with van der Waals surface area (Å²) in [6.45, 7) is 9.72. The van der Waals surface area contributed by atoms with Crippen LogP contribution in [-0.4, -0.2) is 13.1 Å². The lowest BCUT2D eigenvalue weighted by molar-refractivity contribution is 0.457. The van der Waals surface area contributed by atoms with Crippen LogP contribution in [0.25, 0.3) is 0 Å². The van der Waals surface area contributed by atoms with Crippen LogP contribution in [0.1, 0.15) is 59.8 Å². The minimum Gasteiger partial charge on any atom is -0.313 e. The van der Waals surface area contributed by atoms with Gasteiger partial charge >= 0.3 is 0 Å². The Bertz CT molecular complexity index is 297. The Hall–Kier alpha value is -0.300. The Kier molecular flexibility index (Phi) is 3.42. The van der Waals surface area contributed by atoms with Gasteiger partial charge in [0.25, 0.3) is 0 Å². The molecular weight excluding hydrogens is 206 g/mol. The molecule has 1 atom stereocenters. The summed E-state index contributed by atoms with van der Waals surface area (Å²) >= 11 is 0. The molecule has 0 spiro atoms. The fourth-order valence-electron chi connectivity index (χ4n) is 3.97. The van der Waals surface area contributed by atoms with Gasteiger partial charge in [-0.2, -0.15) is 0 Å². The highest BCUT2D eigenvalue weighted by molar-refractivity contribution is 5.25. The third-order valence-electron chi connectivity index (χ3n) is 5.75. The van der Waals surface area contributed by atoms with Crippen LogP contribution in [0.3, 0.4) is 0 Å². The van der Waals surface area contributed by atoms with E-state index in [4.69, 9.17) is 0 Å². The van der Waals surface area contributed by atoms with Crippen LogP contribution in [-0.2, 0) is 0 Å². The van der Waals surface area contributed by atoms with Crippen LogP contribution in [0, 0.1) is 16.7 Å². The fraction of sp³-hybridized carbons (Fsp3) is 0.875. The van der Waals surface area contributed by atoms with E-state index in [-0.39, 0.29) is 0 Å². The average Bonchev–Trinajstić information content (AvgIpc) is 2.80. The van der Waals surface area contributed by atoms with Gasteiger partial charge in [-0.3, -0.25) is 0 Å². The van der Waals surface area contributed by atoms with Gasteiger partial charge in [-0.1, -0.05) is 45.8 Å². The first kappa shape index (κ1) is 13.1. The molecule has 1 N–H and O–H groups in total. The molecule has 0 saturated heterocycles. The molecule has 0 bridgehead atoms. The number of hydrogen-bond acceptors (Lipinski definition) is 1. The molecule has 1 heteroatoms. The Morgan fingerprint density at radius 2 is 1.76 bits per heavy atom. The first-order valence-corrected chi connectivity index (χ1v) is 7.29. The summed E-state index contributed by atoms with van der Waals surface area (Å²) in [5, 5.41) is 3.60. The van der Waals surface area contributed by atoms with Gasteiger partial charge in [0, 0.05) is 6.04 Å². The lowest BCUT2D eigenvalue weighted by atomic mass is 9.93. The molecule has 1 unspecified atom stereocenters. The average molecular weight is 235 g/mol. The molecule has 0 aromatic heterocycles. The lowest BCUT2D eigenvalue weighted by Gasteiger charge is -2.22. The van der Waals surface area contributed by atoms with Gasteiger partial charge in [-0.25, -0.2) is 0 Å². The van der Waals surface area contributed by atoms with Crippen LogP contribution in [0.15, 0.2) is 11.6 Å². The first-order valence-electron chi connectivity index (χ1n) is 7.29. The molecule has 1 saturated carbocycles. The summed E-state index contributed by atoms with van der Waals surface area (Å²) in [6, 6.07) is 0.609. The molecule has 2 aliphatic rings. The third-order valence-corrected chi connectivity index (χ3v) is 5.75. The quantitative estimate of drug-likeness (QED) is 0.725. The van der Waals surface area contributed by atoms with Crippen molar-refractivity contribution in [2.45, 2.75) is 65.8 Å². The van der Waals surface area contributed by atoms with E-state index >= 15 is 0 Å². The van der Waals surface area contributed by atoms with Crippen molar-refractivity contribution in [3.8, 4) is 0 Å². The van der Waals surface area contributed by atoms with E-state index in [0.29, 0.717) is 16.9 Å². The van der Waals surface area contributed by atoms with E-state index in [1.54, 1.807) is 5.57 Å². The Morgan fingerprint density at radius 1 is 1.12 bits per heavy atom. The van der Waals surface area contributed by atoms with Gasteiger partial charge < -0.3 is 5.32 Å². The smallest absolute Gasteiger partial charge is 0.0315 e. The molecule has 17 heavy (non-hydrogen) atoms. The third kappa shape index (κ3) is 2.07. The van der Waals surface area contributed by atoms with Gasteiger partial charge in [0.05, 0.1) is 0 Å². The van der Waals surface area contributed by atoms with Crippen molar-refractivity contribution in [3.63, 3.8) is 0 Å². The molecular formula is C16H29N. The highest BCUT2D eigenvalue weighted by Gasteiger charge is 2.67. The minimum absolute atomic E-state index is 0.480. The maximum atomic E-state index is 3.60. The molecule has 2 aliphatic carbocycles. The van der Waals surface area contributed by atoms with E-state index in [2.05, 4.69) is 46.1 Å². The normalized spacial score (nSPS) is 29.4. The highest BCUT2D eigenvalue weighted by atomic mass is 14.9. The zero-order valence-electron chi connectivity index (χ0n) is 12.3. The van der Waals surface area contributed by atoms with Crippen LogP contribution in [0.2, 0.25) is 0 Å². The van der Waals surface area contributed by atoms with Crippen molar-refractivity contribution in [1.29, 1.82) is 0 Å². The largest absolute Gasteiger partial charge is 0.313 e. The number of nitrogens with one attached hydrogen (secondary N) is 1. The summed E-state index contributed by atoms with van der Waals surface area (Å²) in [7, 11) is 2.14. The van der Waals surface area contributed by atoms with Crippen molar-refractivity contribution in [3.05, 3.63) is 11.6 Å². The number of likely N-dealkylation sites (N-methyl/N-ethyl adjacent to an activating group) is 1. The highest BCUT2D eigenvalue weighted by Crippen LogP contribution is 2.70. The number of hydrogen-bond donors (Lipinski definition) is 1. The second kappa shape index (κ2) is 4.42. The zero-order valence-corrected chi connectivity index (χ0v) is 12.3. The number of allylic oxidation sites excluding steroid dienone is 1. The molecule has 1 fully saturated rings. The van der Waals surface area contributed by atoms with Gasteiger partial charge in [0.1, 0.15) is 0 Å². The molecule has 1 nitrogen and oxygen atoms in total. The molecule has 2 rings (SSSR count). The lowest BCUT2D eigenvalue weighted by Crippen LogP contribution is -2.32. The van der Waals surface area contributed by atoms with Crippen LogP contribution < -0.4 is 5.32 Å². The van der Waals surface area contributed by atoms with E-state index in [0.717, 1.165) is 5.92 Å². The summed E-state index contributed by atoms with van der Waals surface area (Å²) in [5.41, 5.74) is 2.65. The number of rotatable bonds is 3. The van der Waals surface area contributed by atoms with E-state index in [9.17, 15) is 0 Å². The predicted molar refractivity (Wildman–Crippen MR) is 75.1 cm³/mol. The van der Waals surface area contributed by atoms with Crippen molar-refractivity contribution >= 4 is 0 Å². The predicted octanol–water partition coefficient (Wildman–Crippen LogP) is 4.15.